The van der Waals surface area contributed by atoms with Crippen molar-refractivity contribution in [2.75, 3.05) is 27.3 Å². The second-order valence-corrected chi connectivity index (χ2v) is 6.88. The number of carbonyl (C=O) groups is 1. The SMILES string of the molecule is COc1ccc(C(=O)N2CC(c3nc(-c4cccc(Cl)c4)no3)C2)cc1OC. The van der Waals surface area contributed by atoms with E-state index in [2.05, 4.69) is 10.1 Å². The van der Waals surface area contributed by atoms with Gasteiger partial charge in [0.25, 0.3) is 5.91 Å². The van der Waals surface area contributed by atoms with Crippen LogP contribution >= 0.6 is 11.6 Å². The number of ether oxygens (including phenoxy) is 2. The topological polar surface area (TPSA) is 77.7 Å². The highest BCUT2D eigenvalue weighted by atomic mass is 35.5. The molecule has 0 saturated carbocycles. The first-order valence-electron chi connectivity index (χ1n) is 8.70. The third-order valence-corrected chi connectivity index (χ3v) is 4.91. The Morgan fingerprint density at radius 3 is 2.64 bits per heavy atom. The molecule has 4 rings (SSSR count). The van der Waals surface area contributed by atoms with Gasteiger partial charge < -0.3 is 18.9 Å². The van der Waals surface area contributed by atoms with E-state index in [1.807, 2.05) is 12.1 Å². The largest absolute Gasteiger partial charge is 0.493 e. The van der Waals surface area contributed by atoms with E-state index in [4.69, 9.17) is 25.6 Å². The van der Waals surface area contributed by atoms with Gasteiger partial charge in [-0.15, -0.1) is 0 Å². The van der Waals surface area contributed by atoms with E-state index in [0.29, 0.717) is 46.9 Å². The Kier molecular flexibility index (Phi) is 4.92. The minimum Gasteiger partial charge on any atom is -0.493 e. The Hall–Kier alpha value is -3.06. The van der Waals surface area contributed by atoms with E-state index >= 15 is 0 Å². The molecule has 1 saturated heterocycles. The molecule has 0 atom stereocenters. The number of carbonyl (C=O) groups excluding carboxylic acids is 1. The highest BCUT2D eigenvalue weighted by molar-refractivity contribution is 6.30. The van der Waals surface area contributed by atoms with Gasteiger partial charge >= 0.3 is 0 Å². The molecule has 0 radical (unpaired) electrons. The molecule has 28 heavy (non-hydrogen) atoms. The zero-order chi connectivity index (χ0) is 19.7. The lowest BCUT2D eigenvalue weighted by atomic mass is 9.98. The molecular formula is C20H18ClN3O4. The van der Waals surface area contributed by atoms with Crippen molar-refractivity contribution in [1.29, 1.82) is 0 Å². The minimum absolute atomic E-state index is 0.0181. The summed E-state index contributed by atoms with van der Waals surface area (Å²) in [6.45, 7) is 1.04. The van der Waals surface area contributed by atoms with Crippen molar-refractivity contribution in [3.8, 4) is 22.9 Å². The van der Waals surface area contributed by atoms with Crippen LogP contribution < -0.4 is 9.47 Å². The average molecular weight is 400 g/mol. The molecule has 0 aliphatic carbocycles. The fraction of sp³-hybridized carbons (Fsp3) is 0.250. The van der Waals surface area contributed by atoms with Crippen LogP contribution in [-0.4, -0.2) is 48.3 Å². The molecule has 2 aromatic carbocycles. The van der Waals surface area contributed by atoms with Crippen LogP contribution in [-0.2, 0) is 0 Å². The second kappa shape index (κ2) is 7.52. The molecule has 1 aliphatic rings. The average Bonchev–Trinajstić information content (AvgIpc) is 3.16. The summed E-state index contributed by atoms with van der Waals surface area (Å²) in [5.41, 5.74) is 1.33. The molecule has 0 spiro atoms. The Bertz CT molecular complexity index is 1010. The Morgan fingerprint density at radius 1 is 1.14 bits per heavy atom. The van der Waals surface area contributed by atoms with Gasteiger partial charge in [0.2, 0.25) is 11.7 Å². The molecule has 0 bridgehead atoms. The van der Waals surface area contributed by atoms with Gasteiger partial charge in [-0.1, -0.05) is 28.9 Å². The maximum absolute atomic E-state index is 12.7. The van der Waals surface area contributed by atoms with Crippen molar-refractivity contribution >= 4 is 17.5 Å². The van der Waals surface area contributed by atoms with Crippen LogP contribution in [0, 0.1) is 0 Å². The van der Waals surface area contributed by atoms with Gasteiger partial charge in [-0.25, -0.2) is 0 Å². The van der Waals surface area contributed by atoms with Crippen LogP contribution in [0.4, 0.5) is 0 Å². The van der Waals surface area contributed by atoms with Crippen LogP contribution in [0.2, 0.25) is 5.02 Å². The smallest absolute Gasteiger partial charge is 0.254 e. The number of likely N-dealkylation sites (tertiary alicyclic amines) is 1. The second-order valence-electron chi connectivity index (χ2n) is 6.44. The summed E-state index contributed by atoms with van der Waals surface area (Å²) in [5.74, 6) is 2.05. The van der Waals surface area contributed by atoms with Crippen molar-refractivity contribution in [3.63, 3.8) is 0 Å². The molecule has 0 unspecified atom stereocenters. The number of nitrogens with zero attached hydrogens (tertiary/aromatic N) is 3. The maximum atomic E-state index is 12.7. The van der Waals surface area contributed by atoms with E-state index in [1.165, 1.54) is 0 Å². The van der Waals surface area contributed by atoms with Crippen LogP contribution in [0.1, 0.15) is 22.2 Å². The zero-order valence-corrected chi connectivity index (χ0v) is 16.1. The highest BCUT2D eigenvalue weighted by Gasteiger charge is 2.36. The lowest BCUT2D eigenvalue weighted by Gasteiger charge is -2.37. The lowest BCUT2D eigenvalue weighted by molar-refractivity contribution is 0.0569. The number of methoxy groups -OCH3 is 2. The number of amides is 1. The van der Waals surface area contributed by atoms with Crippen LogP contribution in [0.5, 0.6) is 11.5 Å². The van der Waals surface area contributed by atoms with Gasteiger partial charge in [0, 0.05) is 29.2 Å². The highest BCUT2D eigenvalue weighted by Crippen LogP contribution is 2.32. The molecule has 7 nitrogen and oxygen atoms in total. The van der Waals surface area contributed by atoms with Gasteiger partial charge in [-0.3, -0.25) is 4.79 Å². The van der Waals surface area contributed by atoms with E-state index < -0.39 is 0 Å². The fourth-order valence-corrected chi connectivity index (χ4v) is 3.29. The number of rotatable bonds is 5. The van der Waals surface area contributed by atoms with Gasteiger partial charge in [0.1, 0.15) is 0 Å². The quantitative estimate of drug-likeness (QED) is 0.651. The summed E-state index contributed by atoms with van der Waals surface area (Å²) in [4.78, 5) is 18.9. The first-order valence-corrected chi connectivity index (χ1v) is 9.07. The fourth-order valence-electron chi connectivity index (χ4n) is 3.10. The van der Waals surface area contributed by atoms with Gasteiger partial charge in [0.05, 0.1) is 20.1 Å². The summed E-state index contributed by atoms with van der Waals surface area (Å²) in [6, 6.07) is 12.4. The summed E-state index contributed by atoms with van der Waals surface area (Å²) in [7, 11) is 3.10. The molecule has 1 aromatic heterocycles. The van der Waals surface area contributed by atoms with Crippen LogP contribution in [0.3, 0.4) is 0 Å². The van der Waals surface area contributed by atoms with Gasteiger partial charge in [-0.2, -0.15) is 4.98 Å². The Balaban J connectivity index is 1.43. The van der Waals surface area contributed by atoms with Gasteiger partial charge in [-0.05, 0) is 30.3 Å². The minimum atomic E-state index is -0.0771. The summed E-state index contributed by atoms with van der Waals surface area (Å²) in [6.07, 6.45) is 0. The molecule has 144 valence electrons. The van der Waals surface area contributed by atoms with Crippen molar-refractivity contribution in [2.24, 2.45) is 0 Å². The lowest BCUT2D eigenvalue weighted by Crippen LogP contribution is -2.48. The Morgan fingerprint density at radius 2 is 1.93 bits per heavy atom. The third-order valence-electron chi connectivity index (χ3n) is 4.67. The first kappa shape index (κ1) is 18.3. The molecule has 8 heteroatoms. The molecule has 1 amide bonds. The molecule has 2 heterocycles. The molecule has 3 aromatic rings. The summed E-state index contributed by atoms with van der Waals surface area (Å²) < 4.78 is 15.9. The Labute approximate surface area is 166 Å². The number of aromatic nitrogens is 2. The van der Waals surface area contributed by atoms with Crippen molar-refractivity contribution in [1.82, 2.24) is 15.0 Å². The molecule has 1 fully saturated rings. The predicted molar refractivity (Wildman–Crippen MR) is 103 cm³/mol. The van der Waals surface area contributed by atoms with E-state index in [9.17, 15) is 4.79 Å². The van der Waals surface area contributed by atoms with Crippen LogP contribution in [0.15, 0.2) is 47.0 Å². The maximum Gasteiger partial charge on any atom is 0.254 e. The standard InChI is InChI=1S/C20H18ClN3O4/c1-26-16-7-6-13(9-17(16)27-2)20(25)24-10-14(11-24)19-22-18(23-28-19)12-4-3-5-15(21)8-12/h3-9,14H,10-11H2,1-2H3. The van der Waals surface area contributed by atoms with E-state index in [1.54, 1.807) is 49.5 Å². The van der Waals surface area contributed by atoms with Crippen LogP contribution in [0.25, 0.3) is 11.4 Å². The monoisotopic (exact) mass is 399 g/mol. The first-order chi connectivity index (χ1) is 13.6. The van der Waals surface area contributed by atoms with Crippen molar-refractivity contribution < 1.29 is 18.8 Å². The summed E-state index contributed by atoms with van der Waals surface area (Å²) >= 11 is 6.01. The van der Waals surface area contributed by atoms with Gasteiger partial charge in [0.15, 0.2) is 11.5 Å². The van der Waals surface area contributed by atoms with Crippen molar-refractivity contribution in [2.45, 2.75) is 5.92 Å². The molecular weight excluding hydrogens is 382 g/mol. The molecule has 0 N–H and O–H groups in total. The third kappa shape index (κ3) is 3.41. The number of benzene rings is 2. The van der Waals surface area contributed by atoms with Crippen molar-refractivity contribution in [3.05, 3.63) is 58.9 Å². The van der Waals surface area contributed by atoms with E-state index in [0.717, 1.165) is 5.56 Å². The molecule has 1 aliphatic heterocycles. The number of hydrogen-bond acceptors (Lipinski definition) is 6. The predicted octanol–water partition coefficient (Wildman–Crippen LogP) is 3.65. The zero-order valence-electron chi connectivity index (χ0n) is 15.4. The number of halogens is 1. The summed E-state index contributed by atoms with van der Waals surface area (Å²) in [5, 5.41) is 4.63. The number of hydrogen-bond donors (Lipinski definition) is 0. The van der Waals surface area contributed by atoms with E-state index in [-0.39, 0.29) is 11.8 Å². The normalized spacial score (nSPS) is 13.9.